The standard InChI is InChI=1S/C22H17N2S.C12H10N.Ir/c1-15(2)23-14-24(19-11-5-4-10-18(19)23)20-12-7-9-17-16-8-3-6-13-21(16)25-22(17)20;1-10-7-8-12(13-9-10)11-5-3-2-4-6-11;/h3-11,13,15H,1-2H3;2-5,7-9H,1H3;/q+1;-1;. The monoisotopic (exact) mass is 702 g/mol. The molecule has 0 fully saturated rings. The van der Waals surface area contributed by atoms with Crippen LogP contribution in [0.3, 0.4) is 0 Å². The summed E-state index contributed by atoms with van der Waals surface area (Å²) in [6, 6.07) is 43.7. The van der Waals surface area contributed by atoms with Crippen molar-refractivity contribution >= 4 is 54.6 Å². The molecule has 0 N–H and O–H groups in total. The summed E-state index contributed by atoms with van der Waals surface area (Å²) in [4.78, 5) is 4.32. The van der Waals surface area contributed by atoms with E-state index in [0.717, 1.165) is 22.6 Å². The molecule has 1 aliphatic rings. The molecule has 7 rings (SSSR count). The van der Waals surface area contributed by atoms with Gasteiger partial charge in [0.1, 0.15) is 5.69 Å². The van der Waals surface area contributed by atoms with Gasteiger partial charge in [0.05, 0.1) is 0 Å². The molecule has 6 aromatic rings. The number of pyridine rings is 1. The molecule has 0 bridgehead atoms. The second kappa shape index (κ2) is 11.6. The molecule has 0 saturated heterocycles. The SMILES string of the molecule is CC(C)[N+]1=C=[N+](c2[c-]ccc3c2sc2ccccc23)c2ccccc21.Cc1ccc(-c2[c-]cccc2)nc1.[Ir]. The molecule has 0 saturated carbocycles. The summed E-state index contributed by atoms with van der Waals surface area (Å²) in [5.74, 6) is 0. The van der Waals surface area contributed by atoms with Gasteiger partial charge >= 0.3 is 6.01 Å². The van der Waals surface area contributed by atoms with Gasteiger partial charge in [-0.1, -0.05) is 51.6 Å². The van der Waals surface area contributed by atoms with E-state index < -0.39 is 0 Å². The predicted octanol–water partition coefficient (Wildman–Crippen LogP) is 8.78. The first kappa shape index (κ1) is 26.9. The maximum Gasteiger partial charge on any atom is 0.494 e. The van der Waals surface area contributed by atoms with E-state index in [0.29, 0.717) is 6.04 Å². The van der Waals surface area contributed by atoms with Crippen molar-refractivity contribution in [1.82, 2.24) is 9.56 Å². The van der Waals surface area contributed by atoms with E-state index in [2.05, 4.69) is 107 Å². The number of aryl methyl sites for hydroxylation is 1. The van der Waals surface area contributed by atoms with Crippen molar-refractivity contribution in [2.24, 2.45) is 0 Å². The van der Waals surface area contributed by atoms with Crippen LogP contribution in [0.15, 0.2) is 103 Å². The van der Waals surface area contributed by atoms with Crippen molar-refractivity contribution < 1.29 is 24.7 Å². The number of thiophene rings is 1. The number of aromatic nitrogens is 1. The van der Waals surface area contributed by atoms with Crippen molar-refractivity contribution in [3.05, 3.63) is 121 Å². The molecule has 1 radical (unpaired) electrons. The fourth-order valence-electron chi connectivity index (χ4n) is 4.66. The van der Waals surface area contributed by atoms with E-state index in [1.165, 1.54) is 31.4 Å². The van der Waals surface area contributed by atoms with E-state index in [1.807, 2.05) is 60.9 Å². The van der Waals surface area contributed by atoms with Gasteiger partial charge in [0, 0.05) is 43.1 Å². The van der Waals surface area contributed by atoms with Crippen LogP contribution < -0.4 is 4.58 Å². The molecule has 0 unspecified atom stereocenters. The first-order valence-corrected chi connectivity index (χ1v) is 13.6. The molecular weight excluding hydrogens is 675 g/mol. The second-order valence-electron chi connectivity index (χ2n) is 9.55. The zero-order valence-electron chi connectivity index (χ0n) is 22.0. The zero-order chi connectivity index (χ0) is 26.1. The van der Waals surface area contributed by atoms with Crippen LogP contribution in [0.4, 0.5) is 17.1 Å². The van der Waals surface area contributed by atoms with Crippen molar-refractivity contribution in [2.75, 3.05) is 0 Å². The molecule has 193 valence electrons. The fraction of sp³-hybridized carbons (Fsp3) is 0.118. The summed E-state index contributed by atoms with van der Waals surface area (Å²) >= 11 is 1.83. The Kier molecular flexibility index (Phi) is 7.97. The molecule has 0 spiro atoms. The number of benzene rings is 4. The molecule has 3 nitrogen and oxygen atoms in total. The van der Waals surface area contributed by atoms with Crippen LogP contribution in [0.1, 0.15) is 19.4 Å². The largest absolute Gasteiger partial charge is 0.494 e. The Balaban J connectivity index is 0.000000187. The zero-order valence-corrected chi connectivity index (χ0v) is 25.2. The first-order chi connectivity index (χ1) is 18.6. The Hall–Kier alpha value is -3.72. The summed E-state index contributed by atoms with van der Waals surface area (Å²) in [7, 11) is 0. The van der Waals surface area contributed by atoms with E-state index in [1.54, 1.807) is 0 Å². The predicted molar refractivity (Wildman–Crippen MR) is 159 cm³/mol. The summed E-state index contributed by atoms with van der Waals surface area (Å²) in [6.07, 6.45) is 1.87. The Morgan fingerprint density at radius 3 is 2.31 bits per heavy atom. The fourth-order valence-corrected chi connectivity index (χ4v) is 5.85. The van der Waals surface area contributed by atoms with Gasteiger partial charge < -0.3 is 4.98 Å². The van der Waals surface area contributed by atoms with E-state index in [9.17, 15) is 0 Å². The van der Waals surface area contributed by atoms with Crippen LogP contribution in [0.25, 0.3) is 31.4 Å². The Labute approximate surface area is 246 Å². The summed E-state index contributed by atoms with van der Waals surface area (Å²) in [5, 5.41) is 2.60. The first-order valence-electron chi connectivity index (χ1n) is 12.8. The molecule has 39 heavy (non-hydrogen) atoms. The molecule has 0 amide bonds. The summed E-state index contributed by atoms with van der Waals surface area (Å²) < 4.78 is 6.94. The number of nitrogens with zero attached hydrogens (tertiary/aromatic N) is 3. The third kappa shape index (κ3) is 5.28. The third-order valence-electron chi connectivity index (χ3n) is 6.55. The molecule has 5 heteroatoms. The van der Waals surface area contributed by atoms with Crippen molar-refractivity contribution in [2.45, 2.75) is 26.8 Å². The van der Waals surface area contributed by atoms with Crippen LogP contribution in [-0.4, -0.2) is 21.6 Å². The Morgan fingerprint density at radius 2 is 1.56 bits per heavy atom. The van der Waals surface area contributed by atoms with Gasteiger partial charge in [0.2, 0.25) is 0 Å². The van der Waals surface area contributed by atoms with Gasteiger partial charge in [-0.05, 0) is 48.2 Å². The van der Waals surface area contributed by atoms with Gasteiger partial charge in [0.15, 0.2) is 6.04 Å². The van der Waals surface area contributed by atoms with Gasteiger partial charge in [-0.2, -0.15) is 23.5 Å². The summed E-state index contributed by atoms with van der Waals surface area (Å²) in [5.41, 5.74) is 6.64. The van der Waals surface area contributed by atoms with Crippen LogP contribution in [0.2, 0.25) is 0 Å². The third-order valence-corrected chi connectivity index (χ3v) is 7.74. The van der Waals surface area contributed by atoms with Gasteiger partial charge in [-0.25, -0.2) is 0 Å². The van der Waals surface area contributed by atoms with Gasteiger partial charge in [0.25, 0.3) is 11.4 Å². The maximum absolute atomic E-state index is 4.32. The van der Waals surface area contributed by atoms with Crippen molar-refractivity contribution in [3.63, 3.8) is 0 Å². The molecule has 0 aliphatic carbocycles. The Bertz CT molecular complexity index is 1830. The second-order valence-corrected chi connectivity index (χ2v) is 10.6. The van der Waals surface area contributed by atoms with Crippen LogP contribution in [-0.2, 0) is 20.1 Å². The molecule has 2 aromatic heterocycles. The van der Waals surface area contributed by atoms with Crippen LogP contribution in [0, 0.1) is 19.1 Å². The molecule has 4 aromatic carbocycles. The molecule has 0 atom stereocenters. The van der Waals surface area contributed by atoms with Crippen LogP contribution in [0.5, 0.6) is 0 Å². The molecule has 1 aliphatic heterocycles. The smallest absolute Gasteiger partial charge is 0.304 e. The quantitative estimate of drug-likeness (QED) is 0.133. The van der Waals surface area contributed by atoms with Gasteiger partial charge in [-0.3, -0.25) is 0 Å². The maximum atomic E-state index is 4.32. The summed E-state index contributed by atoms with van der Waals surface area (Å²) in [6.45, 7) is 6.42. The number of hydrogen-bond donors (Lipinski definition) is 0. The topological polar surface area (TPSA) is 18.9 Å². The minimum Gasteiger partial charge on any atom is -0.304 e. The number of rotatable bonds is 3. The van der Waals surface area contributed by atoms with E-state index in [4.69, 9.17) is 0 Å². The minimum atomic E-state index is 0. The average molecular weight is 702 g/mol. The average Bonchev–Trinajstić information content (AvgIpc) is 3.54. The normalized spacial score (nSPS) is 11.9. The Morgan fingerprint density at radius 1 is 0.795 bits per heavy atom. The van der Waals surface area contributed by atoms with Gasteiger partial charge in [-0.15, -0.1) is 47.3 Å². The van der Waals surface area contributed by atoms with E-state index in [-0.39, 0.29) is 20.1 Å². The van der Waals surface area contributed by atoms with Crippen molar-refractivity contribution in [3.8, 4) is 11.3 Å². The number of hydrogen-bond acceptors (Lipinski definition) is 2. The van der Waals surface area contributed by atoms with Crippen molar-refractivity contribution in [1.29, 1.82) is 0 Å². The number of fused-ring (bicyclic) bond motifs is 4. The number of para-hydroxylation sites is 2. The molecular formula is C34H27IrN3S. The van der Waals surface area contributed by atoms with E-state index >= 15 is 0 Å². The molecule has 3 heterocycles. The minimum absolute atomic E-state index is 0. The van der Waals surface area contributed by atoms with Crippen LogP contribution >= 0.6 is 11.3 Å².